The Balaban J connectivity index is 1.60. The van der Waals surface area contributed by atoms with Gasteiger partial charge < -0.3 is 14.2 Å². The molecular formula is C22H24O3. The third-order valence-electron chi connectivity index (χ3n) is 4.53. The molecule has 0 aliphatic rings. The fourth-order valence-corrected chi connectivity index (χ4v) is 2.71. The molecule has 130 valence electrons. The van der Waals surface area contributed by atoms with Gasteiger partial charge in [-0.3, -0.25) is 0 Å². The summed E-state index contributed by atoms with van der Waals surface area (Å²) in [5.41, 5.74) is 1.33. The summed E-state index contributed by atoms with van der Waals surface area (Å²) in [6.07, 6.45) is 1.13. The summed E-state index contributed by atoms with van der Waals surface area (Å²) in [6.45, 7) is 4.61. The Hall–Kier alpha value is -2.68. The Morgan fingerprint density at radius 1 is 0.760 bits per heavy atom. The van der Waals surface area contributed by atoms with Gasteiger partial charge >= 0.3 is 0 Å². The highest BCUT2D eigenvalue weighted by Gasteiger charge is 2.03. The number of methoxy groups -OCH3 is 1. The summed E-state index contributed by atoms with van der Waals surface area (Å²) < 4.78 is 16.7. The molecule has 25 heavy (non-hydrogen) atoms. The topological polar surface area (TPSA) is 27.7 Å². The molecule has 0 fully saturated rings. The lowest BCUT2D eigenvalue weighted by atomic mass is 9.99. The fourth-order valence-electron chi connectivity index (χ4n) is 2.71. The molecule has 0 saturated heterocycles. The molecule has 3 aromatic rings. The minimum absolute atomic E-state index is 0.179. The first-order valence-electron chi connectivity index (χ1n) is 8.63. The maximum Gasteiger partial charge on any atom is 0.230 e. The van der Waals surface area contributed by atoms with Crippen molar-refractivity contribution in [1.82, 2.24) is 0 Å². The number of hydrogen-bond acceptors (Lipinski definition) is 3. The number of ether oxygens (including phenoxy) is 3. The van der Waals surface area contributed by atoms with Gasteiger partial charge in [0.05, 0.1) is 7.11 Å². The van der Waals surface area contributed by atoms with Crippen molar-refractivity contribution in [2.24, 2.45) is 0 Å². The first-order valence-corrected chi connectivity index (χ1v) is 8.63. The first-order chi connectivity index (χ1) is 12.2. The molecule has 0 aliphatic heterocycles. The van der Waals surface area contributed by atoms with E-state index in [4.69, 9.17) is 14.2 Å². The molecule has 0 heterocycles. The van der Waals surface area contributed by atoms with Crippen molar-refractivity contribution < 1.29 is 14.2 Å². The quantitative estimate of drug-likeness (QED) is 0.512. The van der Waals surface area contributed by atoms with E-state index in [1.54, 1.807) is 7.11 Å². The second-order valence-corrected chi connectivity index (χ2v) is 6.16. The number of benzene rings is 3. The molecular weight excluding hydrogens is 312 g/mol. The van der Waals surface area contributed by atoms with E-state index in [1.165, 1.54) is 5.56 Å². The van der Waals surface area contributed by atoms with E-state index in [1.807, 2.05) is 48.5 Å². The molecule has 0 radical (unpaired) electrons. The standard InChI is InChI=1S/C22H24O3/c1-4-16(2)17-5-9-20(10-6-17)24-15-25-22-12-8-18-7-11-21(23-3)13-19(18)14-22/h5-14,16H,4,15H2,1-3H3. The van der Waals surface area contributed by atoms with Gasteiger partial charge in [0.15, 0.2) is 0 Å². The maximum atomic E-state index is 5.73. The van der Waals surface area contributed by atoms with Crippen LogP contribution in [0.4, 0.5) is 0 Å². The number of hydrogen-bond donors (Lipinski definition) is 0. The molecule has 3 rings (SSSR count). The van der Waals surface area contributed by atoms with E-state index in [-0.39, 0.29) is 6.79 Å². The summed E-state index contributed by atoms with van der Waals surface area (Å²) in [5, 5.41) is 2.23. The van der Waals surface area contributed by atoms with Crippen molar-refractivity contribution in [1.29, 1.82) is 0 Å². The van der Waals surface area contributed by atoms with Gasteiger partial charge in [0, 0.05) is 0 Å². The summed E-state index contributed by atoms with van der Waals surface area (Å²) in [6, 6.07) is 20.2. The van der Waals surface area contributed by atoms with Crippen LogP contribution in [0.1, 0.15) is 31.7 Å². The lowest BCUT2D eigenvalue weighted by molar-refractivity contribution is 0.120. The van der Waals surface area contributed by atoms with Gasteiger partial charge in [-0.1, -0.05) is 38.1 Å². The van der Waals surface area contributed by atoms with Gasteiger partial charge in [0.1, 0.15) is 17.2 Å². The Bertz CT molecular complexity index is 824. The van der Waals surface area contributed by atoms with Crippen molar-refractivity contribution in [3.05, 3.63) is 66.2 Å². The van der Waals surface area contributed by atoms with E-state index in [0.717, 1.165) is 34.4 Å². The summed E-state index contributed by atoms with van der Waals surface area (Å²) in [7, 11) is 1.67. The highest BCUT2D eigenvalue weighted by molar-refractivity contribution is 5.85. The minimum Gasteiger partial charge on any atom is -0.497 e. The van der Waals surface area contributed by atoms with Crippen LogP contribution in [0.15, 0.2) is 60.7 Å². The zero-order valence-electron chi connectivity index (χ0n) is 15.0. The van der Waals surface area contributed by atoms with E-state index < -0.39 is 0 Å². The van der Waals surface area contributed by atoms with Gasteiger partial charge in [-0.05, 0) is 65.1 Å². The second kappa shape index (κ2) is 7.93. The molecule has 3 nitrogen and oxygen atoms in total. The van der Waals surface area contributed by atoms with Crippen LogP contribution < -0.4 is 14.2 Å². The molecule has 0 aromatic heterocycles. The van der Waals surface area contributed by atoms with Crippen LogP contribution >= 0.6 is 0 Å². The monoisotopic (exact) mass is 336 g/mol. The number of fused-ring (bicyclic) bond motifs is 1. The third-order valence-corrected chi connectivity index (χ3v) is 4.53. The summed E-state index contributed by atoms with van der Waals surface area (Å²) in [4.78, 5) is 0. The normalized spacial score (nSPS) is 12.0. The van der Waals surface area contributed by atoms with Crippen molar-refractivity contribution in [2.75, 3.05) is 13.9 Å². The Labute approximate surface area is 149 Å². The summed E-state index contributed by atoms with van der Waals surface area (Å²) in [5.74, 6) is 2.99. The van der Waals surface area contributed by atoms with Gasteiger partial charge in [-0.2, -0.15) is 0 Å². The third kappa shape index (κ3) is 4.24. The highest BCUT2D eigenvalue weighted by Crippen LogP contribution is 2.25. The van der Waals surface area contributed by atoms with Crippen LogP contribution in [-0.2, 0) is 0 Å². The molecule has 0 bridgehead atoms. The molecule has 0 saturated carbocycles. The van der Waals surface area contributed by atoms with Crippen molar-refractivity contribution in [3.8, 4) is 17.2 Å². The number of rotatable bonds is 7. The molecule has 0 aliphatic carbocycles. The second-order valence-electron chi connectivity index (χ2n) is 6.16. The zero-order valence-corrected chi connectivity index (χ0v) is 15.0. The van der Waals surface area contributed by atoms with E-state index in [0.29, 0.717) is 5.92 Å². The van der Waals surface area contributed by atoms with Gasteiger partial charge in [0.2, 0.25) is 6.79 Å². The van der Waals surface area contributed by atoms with Gasteiger partial charge in [-0.15, -0.1) is 0 Å². The first kappa shape index (κ1) is 17.2. The van der Waals surface area contributed by atoms with E-state index >= 15 is 0 Å². The largest absolute Gasteiger partial charge is 0.497 e. The van der Waals surface area contributed by atoms with E-state index in [9.17, 15) is 0 Å². The smallest absolute Gasteiger partial charge is 0.230 e. The van der Waals surface area contributed by atoms with Crippen LogP contribution in [-0.4, -0.2) is 13.9 Å². The van der Waals surface area contributed by atoms with Crippen LogP contribution in [0, 0.1) is 0 Å². The van der Waals surface area contributed by atoms with Crippen LogP contribution in [0.5, 0.6) is 17.2 Å². The molecule has 0 spiro atoms. The predicted octanol–water partition coefficient (Wildman–Crippen LogP) is 5.78. The summed E-state index contributed by atoms with van der Waals surface area (Å²) >= 11 is 0. The Morgan fingerprint density at radius 3 is 2.04 bits per heavy atom. The Morgan fingerprint density at radius 2 is 1.36 bits per heavy atom. The maximum absolute atomic E-state index is 5.73. The van der Waals surface area contributed by atoms with Crippen LogP contribution in [0.25, 0.3) is 10.8 Å². The molecule has 0 N–H and O–H groups in total. The minimum atomic E-state index is 0.179. The van der Waals surface area contributed by atoms with Gasteiger partial charge in [0.25, 0.3) is 0 Å². The zero-order chi connectivity index (χ0) is 17.6. The van der Waals surface area contributed by atoms with Crippen molar-refractivity contribution in [3.63, 3.8) is 0 Å². The molecule has 3 aromatic carbocycles. The van der Waals surface area contributed by atoms with Crippen molar-refractivity contribution in [2.45, 2.75) is 26.2 Å². The molecule has 1 unspecified atom stereocenters. The molecule has 0 amide bonds. The SMILES string of the molecule is CCC(C)c1ccc(OCOc2ccc3ccc(OC)cc3c2)cc1. The van der Waals surface area contributed by atoms with Gasteiger partial charge in [-0.25, -0.2) is 0 Å². The van der Waals surface area contributed by atoms with Crippen molar-refractivity contribution >= 4 is 10.8 Å². The highest BCUT2D eigenvalue weighted by atomic mass is 16.7. The van der Waals surface area contributed by atoms with Crippen LogP contribution in [0.3, 0.4) is 0 Å². The fraction of sp³-hybridized carbons (Fsp3) is 0.273. The van der Waals surface area contributed by atoms with E-state index in [2.05, 4.69) is 26.0 Å². The lowest BCUT2D eigenvalue weighted by Gasteiger charge is -2.12. The lowest BCUT2D eigenvalue weighted by Crippen LogP contribution is -2.05. The predicted molar refractivity (Wildman–Crippen MR) is 102 cm³/mol. The average Bonchev–Trinajstić information content (AvgIpc) is 2.67. The molecule has 1 atom stereocenters. The molecule has 3 heteroatoms. The average molecular weight is 336 g/mol. The van der Waals surface area contributed by atoms with Crippen LogP contribution in [0.2, 0.25) is 0 Å². The Kier molecular flexibility index (Phi) is 5.44.